The molecule has 0 saturated carbocycles. The van der Waals surface area contributed by atoms with Crippen molar-refractivity contribution >= 4 is 5.95 Å². The lowest BCUT2D eigenvalue weighted by Crippen LogP contribution is -2.47. The van der Waals surface area contributed by atoms with Gasteiger partial charge in [0.15, 0.2) is 0 Å². The average Bonchev–Trinajstić information content (AvgIpc) is 2.60. The molecule has 2 aliphatic rings. The summed E-state index contributed by atoms with van der Waals surface area (Å²) < 4.78 is 39.2. The van der Waals surface area contributed by atoms with Gasteiger partial charge in [0.2, 0.25) is 5.95 Å². The van der Waals surface area contributed by atoms with Crippen LogP contribution in [0.3, 0.4) is 0 Å². The Morgan fingerprint density at radius 3 is 2.81 bits per heavy atom. The molecule has 1 fully saturated rings. The Bertz CT molecular complexity index is 864. The fourth-order valence-corrected chi connectivity index (χ4v) is 4.01. The van der Waals surface area contributed by atoms with E-state index < -0.39 is 12.6 Å². The van der Waals surface area contributed by atoms with Crippen molar-refractivity contribution in [3.8, 4) is 0 Å². The third-order valence-corrected chi connectivity index (χ3v) is 5.13. The minimum atomic E-state index is -4.19. The molecule has 0 aromatic carbocycles. The monoisotopic (exact) mass is 364 g/mol. The molecule has 0 spiro atoms. The minimum absolute atomic E-state index is 0.0241. The number of pyridine rings is 1. The number of halogens is 3. The fourth-order valence-electron chi connectivity index (χ4n) is 4.01. The normalized spacial score (nSPS) is 22.2. The summed E-state index contributed by atoms with van der Waals surface area (Å²) in [4.78, 5) is 22.7. The van der Waals surface area contributed by atoms with E-state index in [4.69, 9.17) is 0 Å². The Morgan fingerprint density at radius 1 is 1.15 bits per heavy atom. The largest absolute Gasteiger partial charge is 0.389 e. The number of fused-ring (bicyclic) bond motifs is 4. The first kappa shape index (κ1) is 17.1. The van der Waals surface area contributed by atoms with Crippen LogP contribution in [-0.4, -0.2) is 33.8 Å². The summed E-state index contributed by atoms with van der Waals surface area (Å²) in [5, 5.41) is 0. The van der Waals surface area contributed by atoms with Gasteiger partial charge in [-0.25, -0.2) is 9.97 Å². The molecule has 2 atom stereocenters. The predicted molar refractivity (Wildman–Crippen MR) is 90.2 cm³/mol. The molecule has 4 rings (SSSR count). The second-order valence-electron chi connectivity index (χ2n) is 7.07. The quantitative estimate of drug-likeness (QED) is 0.840. The van der Waals surface area contributed by atoms with Gasteiger partial charge < -0.3 is 9.47 Å². The number of alkyl halides is 3. The number of aromatic nitrogens is 3. The van der Waals surface area contributed by atoms with E-state index in [1.54, 1.807) is 12.1 Å². The average molecular weight is 364 g/mol. The molecule has 138 valence electrons. The number of aryl methyl sites for hydroxylation is 1. The van der Waals surface area contributed by atoms with Crippen molar-refractivity contribution in [3.63, 3.8) is 0 Å². The van der Waals surface area contributed by atoms with Gasteiger partial charge in [-0.3, -0.25) is 4.79 Å². The standard InChI is InChI=1S/C18H19F3N4O/c19-18(20,21)6-4-14-5-7-22-17(23-14)24-9-12-8-13(11-24)15-2-1-3-16(26)25(15)10-12/h1-3,5,7,12-13H,4,6,8-11H2/t12-,13-/m0/s1. The first-order valence-electron chi connectivity index (χ1n) is 8.72. The summed E-state index contributed by atoms with van der Waals surface area (Å²) in [5.74, 6) is 0.994. The van der Waals surface area contributed by atoms with Crippen LogP contribution in [0.15, 0.2) is 35.3 Å². The van der Waals surface area contributed by atoms with Crippen molar-refractivity contribution in [2.24, 2.45) is 5.92 Å². The highest BCUT2D eigenvalue weighted by Gasteiger charge is 2.35. The zero-order valence-corrected chi connectivity index (χ0v) is 14.1. The second kappa shape index (κ2) is 6.41. The maximum atomic E-state index is 12.4. The zero-order valence-electron chi connectivity index (χ0n) is 14.1. The third kappa shape index (κ3) is 3.45. The van der Waals surface area contributed by atoms with Crippen LogP contribution < -0.4 is 10.5 Å². The molecule has 0 amide bonds. The number of piperidine rings is 1. The van der Waals surface area contributed by atoms with Crippen molar-refractivity contribution in [2.45, 2.75) is 37.9 Å². The van der Waals surface area contributed by atoms with Crippen LogP contribution >= 0.6 is 0 Å². The molecule has 2 bridgehead atoms. The molecule has 0 N–H and O–H groups in total. The Balaban J connectivity index is 1.55. The van der Waals surface area contributed by atoms with Gasteiger partial charge >= 0.3 is 6.18 Å². The molecule has 0 aliphatic carbocycles. The highest BCUT2D eigenvalue weighted by atomic mass is 19.4. The highest BCUT2D eigenvalue weighted by molar-refractivity contribution is 5.34. The summed E-state index contributed by atoms with van der Waals surface area (Å²) in [6.45, 7) is 2.04. The summed E-state index contributed by atoms with van der Waals surface area (Å²) in [7, 11) is 0. The molecule has 4 heterocycles. The zero-order chi connectivity index (χ0) is 18.3. The number of hydrogen-bond donors (Lipinski definition) is 0. The van der Waals surface area contributed by atoms with Crippen LogP contribution in [0.1, 0.15) is 30.1 Å². The van der Waals surface area contributed by atoms with Crippen LogP contribution in [0.5, 0.6) is 0 Å². The first-order chi connectivity index (χ1) is 12.4. The van der Waals surface area contributed by atoms with E-state index in [0.717, 1.165) is 12.1 Å². The SMILES string of the molecule is O=c1cccc2n1C[C@H]1C[C@H]2CN(c2nccc(CCC(F)(F)F)n2)C1. The fraction of sp³-hybridized carbons (Fsp3) is 0.500. The van der Waals surface area contributed by atoms with Crippen LogP contribution in [0.25, 0.3) is 0 Å². The van der Waals surface area contributed by atoms with Crippen molar-refractivity contribution in [1.82, 2.24) is 14.5 Å². The van der Waals surface area contributed by atoms with Gasteiger partial charge in [0, 0.05) is 55.6 Å². The van der Waals surface area contributed by atoms with E-state index >= 15 is 0 Å². The van der Waals surface area contributed by atoms with Crippen molar-refractivity contribution < 1.29 is 13.2 Å². The van der Waals surface area contributed by atoms with Gasteiger partial charge in [-0.2, -0.15) is 13.2 Å². The number of hydrogen-bond acceptors (Lipinski definition) is 4. The molecule has 2 aromatic heterocycles. The van der Waals surface area contributed by atoms with Crippen LogP contribution in [0.4, 0.5) is 19.1 Å². The van der Waals surface area contributed by atoms with Crippen LogP contribution in [0.2, 0.25) is 0 Å². The smallest absolute Gasteiger partial charge is 0.340 e. The van der Waals surface area contributed by atoms with E-state index in [1.807, 2.05) is 15.5 Å². The molecule has 26 heavy (non-hydrogen) atoms. The maximum absolute atomic E-state index is 12.4. The number of anilines is 1. The van der Waals surface area contributed by atoms with E-state index in [0.29, 0.717) is 37.2 Å². The Morgan fingerprint density at radius 2 is 2.00 bits per heavy atom. The van der Waals surface area contributed by atoms with E-state index in [9.17, 15) is 18.0 Å². The van der Waals surface area contributed by atoms with E-state index in [-0.39, 0.29) is 17.9 Å². The Labute approximate surface area is 148 Å². The van der Waals surface area contributed by atoms with Crippen molar-refractivity contribution in [3.05, 3.63) is 52.2 Å². The van der Waals surface area contributed by atoms with Crippen LogP contribution in [0, 0.1) is 5.92 Å². The molecular formula is C18H19F3N4O. The van der Waals surface area contributed by atoms with Gasteiger partial charge in [-0.15, -0.1) is 0 Å². The van der Waals surface area contributed by atoms with Gasteiger partial charge in [-0.1, -0.05) is 6.07 Å². The summed E-state index contributed by atoms with van der Waals surface area (Å²) in [6.07, 6.45) is -2.68. The van der Waals surface area contributed by atoms with Gasteiger partial charge in [0.05, 0.1) is 0 Å². The molecule has 5 nitrogen and oxygen atoms in total. The van der Waals surface area contributed by atoms with Crippen molar-refractivity contribution in [1.29, 1.82) is 0 Å². The van der Waals surface area contributed by atoms with Crippen LogP contribution in [-0.2, 0) is 13.0 Å². The Hall–Kier alpha value is -2.38. The maximum Gasteiger partial charge on any atom is 0.389 e. The Kier molecular flexibility index (Phi) is 4.20. The molecule has 0 radical (unpaired) electrons. The predicted octanol–water partition coefficient (Wildman–Crippen LogP) is 2.76. The number of rotatable bonds is 3. The molecule has 1 saturated heterocycles. The molecule has 8 heteroatoms. The third-order valence-electron chi connectivity index (χ3n) is 5.13. The minimum Gasteiger partial charge on any atom is -0.340 e. The summed E-state index contributed by atoms with van der Waals surface area (Å²) in [6, 6.07) is 6.87. The molecule has 2 aromatic rings. The molecule has 0 unspecified atom stereocenters. The van der Waals surface area contributed by atoms with E-state index in [2.05, 4.69) is 9.97 Å². The van der Waals surface area contributed by atoms with Crippen molar-refractivity contribution in [2.75, 3.05) is 18.0 Å². The molecule has 2 aliphatic heterocycles. The highest BCUT2D eigenvalue weighted by Crippen LogP contribution is 2.36. The lowest BCUT2D eigenvalue weighted by Gasteiger charge is -2.42. The first-order valence-corrected chi connectivity index (χ1v) is 8.72. The lowest BCUT2D eigenvalue weighted by molar-refractivity contribution is -0.134. The van der Waals surface area contributed by atoms with E-state index in [1.165, 1.54) is 12.3 Å². The van der Waals surface area contributed by atoms with Gasteiger partial charge in [0.1, 0.15) is 0 Å². The molecular weight excluding hydrogens is 345 g/mol. The second-order valence-corrected chi connectivity index (χ2v) is 7.07. The lowest BCUT2D eigenvalue weighted by atomic mass is 9.83. The summed E-state index contributed by atoms with van der Waals surface area (Å²) in [5.41, 5.74) is 1.45. The topological polar surface area (TPSA) is 51.0 Å². The summed E-state index contributed by atoms with van der Waals surface area (Å²) >= 11 is 0. The van der Waals surface area contributed by atoms with Gasteiger partial charge in [-0.05, 0) is 30.9 Å². The number of nitrogens with zero attached hydrogens (tertiary/aromatic N) is 4. The van der Waals surface area contributed by atoms with Gasteiger partial charge in [0.25, 0.3) is 5.56 Å².